The molecule has 2 aliphatic rings. The van der Waals surface area contributed by atoms with Gasteiger partial charge in [0.25, 0.3) is 11.8 Å². The number of amides is 2. The Bertz CT molecular complexity index is 550. The Balaban J connectivity index is 0.00000176. The van der Waals surface area contributed by atoms with E-state index in [0.717, 1.165) is 37.3 Å². The van der Waals surface area contributed by atoms with Gasteiger partial charge in [0.05, 0.1) is 44.0 Å². The molecule has 0 N–H and O–H groups in total. The van der Waals surface area contributed by atoms with Gasteiger partial charge in [-0.25, -0.2) is 0 Å². The Morgan fingerprint density at radius 2 is 1.64 bits per heavy atom. The van der Waals surface area contributed by atoms with Crippen molar-refractivity contribution in [3.63, 3.8) is 0 Å². The number of ether oxygens (including phenoxy) is 1. The van der Waals surface area contributed by atoms with E-state index < -0.39 is 0 Å². The second-order valence-electron chi connectivity index (χ2n) is 6.24. The van der Waals surface area contributed by atoms with Crippen molar-refractivity contribution in [1.82, 2.24) is 4.90 Å². The molecule has 1 aromatic carbocycles. The van der Waals surface area contributed by atoms with Gasteiger partial charge in [0, 0.05) is 0 Å². The number of quaternary nitrogens is 1. The van der Waals surface area contributed by atoms with Gasteiger partial charge < -0.3 is 33.2 Å². The summed E-state index contributed by atoms with van der Waals surface area (Å²) in [5, 5.41) is 0. The summed E-state index contributed by atoms with van der Waals surface area (Å²) in [4.78, 5) is 26.4. The first-order chi connectivity index (χ1) is 10.0. The van der Waals surface area contributed by atoms with Crippen LogP contribution in [0.1, 0.15) is 27.6 Å². The molecule has 0 spiro atoms. The fraction of sp³-hybridized carbons (Fsp3) is 0.500. The number of halogens is 1. The van der Waals surface area contributed by atoms with Crippen molar-refractivity contribution in [2.24, 2.45) is 0 Å². The van der Waals surface area contributed by atoms with Crippen LogP contribution in [-0.4, -0.2) is 67.1 Å². The quantitative estimate of drug-likeness (QED) is 0.331. The Morgan fingerprint density at radius 1 is 1.14 bits per heavy atom. The third-order valence-corrected chi connectivity index (χ3v) is 4.52. The summed E-state index contributed by atoms with van der Waals surface area (Å²) >= 11 is 0. The second-order valence-corrected chi connectivity index (χ2v) is 6.24. The number of nitrogens with zero attached hydrogens (tertiary/aromatic N) is 2. The highest BCUT2D eigenvalue weighted by atomic mass is 127. The molecule has 22 heavy (non-hydrogen) atoms. The van der Waals surface area contributed by atoms with E-state index in [1.54, 1.807) is 24.3 Å². The van der Waals surface area contributed by atoms with Gasteiger partial charge in [-0.3, -0.25) is 14.5 Å². The molecule has 1 unspecified atom stereocenters. The summed E-state index contributed by atoms with van der Waals surface area (Å²) in [5.74, 6) is -0.328. The molecule has 0 saturated carbocycles. The molecule has 2 amide bonds. The second kappa shape index (κ2) is 6.64. The van der Waals surface area contributed by atoms with Gasteiger partial charge in [0.2, 0.25) is 0 Å². The van der Waals surface area contributed by atoms with E-state index in [2.05, 4.69) is 7.05 Å². The third kappa shape index (κ3) is 3.04. The first-order valence-electron chi connectivity index (χ1n) is 7.40. The number of imide groups is 1. The molecule has 5 nitrogen and oxygen atoms in total. The van der Waals surface area contributed by atoms with Crippen LogP contribution < -0.4 is 24.0 Å². The van der Waals surface area contributed by atoms with Crippen molar-refractivity contribution in [3.8, 4) is 0 Å². The van der Waals surface area contributed by atoms with Gasteiger partial charge in [0.1, 0.15) is 13.1 Å². The van der Waals surface area contributed by atoms with Gasteiger partial charge in [-0.2, -0.15) is 0 Å². The first kappa shape index (κ1) is 17.4. The first-order valence-corrected chi connectivity index (χ1v) is 7.40. The Labute approximate surface area is 147 Å². The Kier molecular flexibility index (Phi) is 5.24. The number of likely N-dealkylation sites (N-methyl/N-ethyl adjacent to an activating group) is 1. The van der Waals surface area contributed by atoms with Crippen molar-refractivity contribution in [2.75, 3.05) is 39.9 Å². The number of hydrogen-bond acceptors (Lipinski definition) is 3. The van der Waals surface area contributed by atoms with Crippen LogP contribution in [0.15, 0.2) is 24.3 Å². The fourth-order valence-electron chi connectivity index (χ4n) is 3.29. The summed E-state index contributed by atoms with van der Waals surface area (Å²) in [5.41, 5.74) is 1.05. The summed E-state index contributed by atoms with van der Waals surface area (Å²) in [6, 6.07) is 6.95. The number of fused-ring (bicyclic) bond motifs is 1. The summed E-state index contributed by atoms with van der Waals surface area (Å²) in [6.07, 6.45) is 0. The van der Waals surface area contributed by atoms with E-state index in [0.29, 0.717) is 11.1 Å². The highest BCUT2D eigenvalue weighted by Crippen LogP contribution is 2.25. The monoisotopic (exact) mass is 416 g/mol. The minimum atomic E-state index is -0.164. The van der Waals surface area contributed by atoms with E-state index in [4.69, 9.17) is 4.74 Å². The average Bonchev–Trinajstić information content (AvgIpc) is 2.72. The smallest absolute Gasteiger partial charge is 0.262 e. The minimum absolute atomic E-state index is 0. The summed E-state index contributed by atoms with van der Waals surface area (Å²) in [7, 11) is 2.16. The van der Waals surface area contributed by atoms with Crippen LogP contribution in [0.5, 0.6) is 0 Å². The van der Waals surface area contributed by atoms with E-state index in [-0.39, 0.29) is 41.8 Å². The maximum Gasteiger partial charge on any atom is 0.262 e. The lowest BCUT2D eigenvalue weighted by Crippen LogP contribution is -3.00. The lowest BCUT2D eigenvalue weighted by atomic mass is 10.1. The zero-order valence-corrected chi connectivity index (χ0v) is 15.1. The number of benzene rings is 1. The van der Waals surface area contributed by atoms with Crippen LogP contribution in [0, 0.1) is 0 Å². The van der Waals surface area contributed by atoms with E-state index in [1.165, 1.54) is 4.90 Å². The van der Waals surface area contributed by atoms with E-state index >= 15 is 0 Å². The van der Waals surface area contributed by atoms with Crippen molar-refractivity contribution in [3.05, 3.63) is 35.4 Å². The molecule has 1 fully saturated rings. The molecule has 1 atom stereocenters. The molecule has 1 aromatic rings. The van der Waals surface area contributed by atoms with E-state index in [1.807, 2.05) is 6.92 Å². The molecule has 3 rings (SSSR count). The van der Waals surface area contributed by atoms with Crippen molar-refractivity contribution >= 4 is 11.8 Å². The maximum atomic E-state index is 12.5. The lowest BCUT2D eigenvalue weighted by molar-refractivity contribution is -0.918. The number of hydrogen-bond donors (Lipinski definition) is 0. The van der Waals surface area contributed by atoms with Crippen molar-refractivity contribution in [2.45, 2.75) is 13.0 Å². The maximum absolute atomic E-state index is 12.5. The van der Waals surface area contributed by atoms with Crippen LogP contribution >= 0.6 is 0 Å². The SMILES string of the molecule is CC(C[N+]1(C)CCOCC1)N1C(=O)c2ccccc2C1=O.[I-]. The molecule has 120 valence electrons. The summed E-state index contributed by atoms with van der Waals surface area (Å²) in [6.45, 7) is 6.06. The molecular weight excluding hydrogens is 395 g/mol. The van der Waals surface area contributed by atoms with Gasteiger partial charge in [0.15, 0.2) is 0 Å². The van der Waals surface area contributed by atoms with Gasteiger partial charge in [-0.15, -0.1) is 0 Å². The number of morpholine rings is 1. The molecule has 0 bridgehead atoms. The van der Waals surface area contributed by atoms with Crippen LogP contribution in [-0.2, 0) is 4.74 Å². The molecular formula is C16H21IN2O3. The molecule has 0 aliphatic carbocycles. The number of carbonyl (C=O) groups is 2. The van der Waals surface area contributed by atoms with Gasteiger partial charge >= 0.3 is 0 Å². The van der Waals surface area contributed by atoms with Crippen LogP contribution in [0.3, 0.4) is 0 Å². The largest absolute Gasteiger partial charge is 1.00 e. The van der Waals surface area contributed by atoms with Crippen LogP contribution in [0.25, 0.3) is 0 Å². The van der Waals surface area contributed by atoms with Crippen LogP contribution in [0.4, 0.5) is 0 Å². The lowest BCUT2D eigenvalue weighted by Gasteiger charge is -2.40. The molecule has 6 heteroatoms. The highest BCUT2D eigenvalue weighted by Gasteiger charge is 2.41. The van der Waals surface area contributed by atoms with Crippen molar-refractivity contribution < 1.29 is 42.8 Å². The molecule has 1 saturated heterocycles. The normalized spacial score (nSPS) is 21.3. The predicted molar refractivity (Wildman–Crippen MR) is 78.0 cm³/mol. The van der Waals surface area contributed by atoms with Crippen LogP contribution in [0.2, 0.25) is 0 Å². The zero-order chi connectivity index (χ0) is 15.0. The summed E-state index contributed by atoms with van der Waals surface area (Å²) < 4.78 is 6.24. The number of rotatable bonds is 3. The molecule has 2 aliphatic heterocycles. The Morgan fingerprint density at radius 3 is 2.14 bits per heavy atom. The highest BCUT2D eigenvalue weighted by molar-refractivity contribution is 6.21. The standard InChI is InChI=1S/C16H21N2O3.HI/c1-12(11-18(2)7-9-21-10-8-18)17-15(19)13-5-3-4-6-14(13)16(17)20;/h3-6,12H,7-11H2,1-2H3;1H/q+1;/p-1. The van der Waals surface area contributed by atoms with Gasteiger partial charge in [-0.05, 0) is 19.1 Å². The Hall–Kier alpha value is -0.990. The topological polar surface area (TPSA) is 46.6 Å². The third-order valence-electron chi connectivity index (χ3n) is 4.52. The molecule has 2 heterocycles. The minimum Gasteiger partial charge on any atom is -1.00 e. The average molecular weight is 416 g/mol. The zero-order valence-electron chi connectivity index (χ0n) is 12.9. The fourth-order valence-corrected chi connectivity index (χ4v) is 3.29. The van der Waals surface area contributed by atoms with Crippen molar-refractivity contribution in [1.29, 1.82) is 0 Å². The predicted octanol–water partition coefficient (Wildman–Crippen LogP) is -1.85. The molecule has 0 radical (unpaired) electrons. The van der Waals surface area contributed by atoms with Gasteiger partial charge in [-0.1, -0.05) is 12.1 Å². The molecule has 0 aromatic heterocycles. The number of carbonyl (C=O) groups excluding carboxylic acids is 2. The van der Waals surface area contributed by atoms with E-state index in [9.17, 15) is 9.59 Å².